The van der Waals surface area contributed by atoms with Gasteiger partial charge in [0, 0.05) is 18.7 Å². The summed E-state index contributed by atoms with van der Waals surface area (Å²) in [6, 6.07) is 10.9. The molecule has 0 saturated heterocycles. The topological polar surface area (TPSA) is 111 Å². The maximum Gasteiger partial charge on any atom is 0.307 e. The van der Waals surface area contributed by atoms with E-state index in [2.05, 4.69) is 10.6 Å². The molecule has 1 unspecified atom stereocenters. The number of ether oxygens (including phenoxy) is 1. The van der Waals surface area contributed by atoms with Gasteiger partial charge < -0.3 is 15.4 Å². The van der Waals surface area contributed by atoms with Gasteiger partial charge in [-0.15, -0.1) is 0 Å². The van der Waals surface area contributed by atoms with Gasteiger partial charge in [-0.05, 0) is 24.6 Å². The molecule has 0 saturated carbocycles. The summed E-state index contributed by atoms with van der Waals surface area (Å²) in [5.74, 6) is -0.993. The second-order valence-corrected chi connectivity index (χ2v) is 5.96. The average Bonchev–Trinajstić information content (AvgIpc) is 2.67. The minimum Gasteiger partial charge on any atom is -0.469 e. The number of nitro benzene ring substituents is 1. The van der Waals surface area contributed by atoms with E-state index in [1.165, 1.54) is 25.3 Å². The highest BCUT2D eigenvalue weighted by Crippen LogP contribution is 2.26. The van der Waals surface area contributed by atoms with Crippen molar-refractivity contribution in [2.45, 2.75) is 19.4 Å². The molecule has 2 rings (SSSR count). The molecule has 8 heteroatoms. The van der Waals surface area contributed by atoms with Crippen LogP contribution in [0.1, 0.15) is 33.9 Å². The molecule has 142 valence electrons. The predicted octanol–water partition coefficient (Wildman–Crippen LogP) is 2.98. The molecule has 8 nitrogen and oxygen atoms in total. The predicted molar refractivity (Wildman–Crippen MR) is 101 cm³/mol. The fourth-order valence-electron chi connectivity index (χ4n) is 2.58. The van der Waals surface area contributed by atoms with E-state index in [-0.39, 0.29) is 17.7 Å². The second-order valence-electron chi connectivity index (χ2n) is 5.96. The number of rotatable bonds is 7. The number of amides is 1. The number of anilines is 1. The van der Waals surface area contributed by atoms with Gasteiger partial charge in [0.15, 0.2) is 0 Å². The van der Waals surface area contributed by atoms with E-state index in [1.54, 1.807) is 7.05 Å². The first-order chi connectivity index (χ1) is 12.8. The van der Waals surface area contributed by atoms with Crippen LogP contribution in [-0.2, 0) is 9.53 Å². The van der Waals surface area contributed by atoms with Gasteiger partial charge in [-0.1, -0.05) is 29.8 Å². The van der Waals surface area contributed by atoms with Gasteiger partial charge in [0.05, 0.1) is 24.5 Å². The van der Waals surface area contributed by atoms with Gasteiger partial charge >= 0.3 is 5.97 Å². The minimum atomic E-state index is -0.617. The number of nitro groups is 1. The maximum atomic E-state index is 12.6. The molecule has 27 heavy (non-hydrogen) atoms. The number of esters is 1. The Labute approximate surface area is 156 Å². The second kappa shape index (κ2) is 8.79. The van der Waals surface area contributed by atoms with E-state index >= 15 is 0 Å². The summed E-state index contributed by atoms with van der Waals surface area (Å²) in [6.07, 6.45) is -0.0536. The number of aryl methyl sites for hydroxylation is 1. The number of benzene rings is 2. The maximum absolute atomic E-state index is 12.6. The Kier molecular flexibility index (Phi) is 6.48. The number of carbonyl (C=O) groups excluding carboxylic acids is 2. The first kappa shape index (κ1) is 19.9. The molecule has 0 heterocycles. The van der Waals surface area contributed by atoms with Crippen LogP contribution in [0.15, 0.2) is 42.5 Å². The van der Waals surface area contributed by atoms with E-state index in [0.717, 1.165) is 11.1 Å². The monoisotopic (exact) mass is 371 g/mol. The highest BCUT2D eigenvalue weighted by atomic mass is 16.6. The van der Waals surface area contributed by atoms with Gasteiger partial charge in [-0.25, -0.2) is 0 Å². The summed E-state index contributed by atoms with van der Waals surface area (Å²) in [7, 11) is 2.84. The lowest BCUT2D eigenvalue weighted by Crippen LogP contribution is -2.30. The summed E-state index contributed by atoms with van der Waals surface area (Å²) < 4.78 is 4.71. The van der Waals surface area contributed by atoms with Gasteiger partial charge in [0.2, 0.25) is 0 Å². The zero-order valence-corrected chi connectivity index (χ0v) is 15.3. The summed E-state index contributed by atoms with van der Waals surface area (Å²) >= 11 is 0. The summed E-state index contributed by atoms with van der Waals surface area (Å²) in [4.78, 5) is 35.0. The molecular formula is C19H21N3O5. The molecule has 0 aromatic heterocycles. The van der Waals surface area contributed by atoms with Crippen LogP contribution in [0.3, 0.4) is 0 Å². The molecule has 2 aromatic rings. The molecule has 0 aliphatic rings. The molecule has 0 radical (unpaired) electrons. The number of hydrogen-bond acceptors (Lipinski definition) is 6. The fraction of sp³-hybridized carbons (Fsp3) is 0.263. The van der Waals surface area contributed by atoms with Crippen LogP contribution in [-0.4, -0.2) is 31.0 Å². The van der Waals surface area contributed by atoms with Crippen LogP contribution in [0.2, 0.25) is 0 Å². The van der Waals surface area contributed by atoms with Crippen molar-refractivity contribution < 1.29 is 19.2 Å². The number of carbonyl (C=O) groups is 2. The van der Waals surface area contributed by atoms with Crippen LogP contribution in [0.4, 0.5) is 11.4 Å². The third-order valence-corrected chi connectivity index (χ3v) is 4.11. The van der Waals surface area contributed by atoms with Crippen molar-refractivity contribution in [2.24, 2.45) is 0 Å². The smallest absolute Gasteiger partial charge is 0.307 e. The zero-order chi connectivity index (χ0) is 20.0. The SMILES string of the molecule is CNc1ccc(C(=O)NC(CC(=O)OC)c2ccc(C)cc2)cc1[N+](=O)[O-]. The van der Waals surface area contributed by atoms with Gasteiger partial charge in [0.1, 0.15) is 5.69 Å². The average molecular weight is 371 g/mol. The Morgan fingerprint density at radius 2 is 1.85 bits per heavy atom. The van der Waals surface area contributed by atoms with Crippen molar-refractivity contribution in [1.82, 2.24) is 5.32 Å². The van der Waals surface area contributed by atoms with E-state index in [0.29, 0.717) is 5.69 Å². The molecule has 2 aromatic carbocycles. The third-order valence-electron chi connectivity index (χ3n) is 4.11. The highest BCUT2D eigenvalue weighted by Gasteiger charge is 2.22. The summed E-state index contributed by atoms with van der Waals surface area (Å²) in [5, 5.41) is 16.7. The lowest BCUT2D eigenvalue weighted by molar-refractivity contribution is -0.384. The fourth-order valence-corrected chi connectivity index (χ4v) is 2.58. The minimum absolute atomic E-state index is 0.0536. The highest BCUT2D eigenvalue weighted by molar-refractivity contribution is 5.96. The summed E-state index contributed by atoms with van der Waals surface area (Å²) in [6.45, 7) is 1.93. The van der Waals surface area contributed by atoms with Crippen molar-refractivity contribution >= 4 is 23.3 Å². The van der Waals surface area contributed by atoms with Crippen molar-refractivity contribution in [3.05, 3.63) is 69.3 Å². The molecule has 0 aliphatic heterocycles. The molecule has 1 atom stereocenters. The van der Waals surface area contributed by atoms with E-state index in [1.807, 2.05) is 31.2 Å². The van der Waals surface area contributed by atoms with Crippen LogP contribution in [0, 0.1) is 17.0 Å². The lowest BCUT2D eigenvalue weighted by Gasteiger charge is -2.18. The Morgan fingerprint density at radius 3 is 2.41 bits per heavy atom. The quantitative estimate of drug-likeness (QED) is 0.440. The van der Waals surface area contributed by atoms with Gasteiger partial charge in [0.25, 0.3) is 11.6 Å². The first-order valence-corrected chi connectivity index (χ1v) is 8.26. The Balaban J connectivity index is 2.29. The van der Waals surface area contributed by atoms with Crippen molar-refractivity contribution in [3.8, 4) is 0 Å². The van der Waals surface area contributed by atoms with Crippen LogP contribution in [0.25, 0.3) is 0 Å². The largest absolute Gasteiger partial charge is 0.469 e. The van der Waals surface area contributed by atoms with Crippen molar-refractivity contribution in [3.63, 3.8) is 0 Å². The molecule has 0 fully saturated rings. The molecule has 0 bridgehead atoms. The van der Waals surface area contributed by atoms with Crippen molar-refractivity contribution in [2.75, 3.05) is 19.5 Å². The van der Waals surface area contributed by atoms with E-state index in [4.69, 9.17) is 4.74 Å². The van der Waals surface area contributed by atoms with Crippen molar-refractivity contribution in [1.29, 1.82) is 0 Å². The number of hydrogen-bond donors (Lipinski definition) is 2. The zero-order valence-electron chi connectivity index (χ0n) is 15.3. The first-order valence-electron chi connectivity index (χ1n) is 8.26. The molecule has 2 N–H and O–H groups in total. The number of nitrogens with one attached hydrogen (secondary N) is 2. The Hall–Kier alpha value is -3.42. The molecule has 1 amide bonds. The number of nitrogens with zero attached hydrogens (tertiary/aromatic N) is 1. The Bertz CT molecular complexity index is 849. The van der Waals surface area contributed by atoms with Crippen LogP contribution < -0.4 is 10.6 Å². The number of methoxy groups -OCH3 is 1. The van der Waals surface area contributed by atoms with E-state index < -0.39 is 22.8 Å². The molecule has 0 aliphatic carbocycles. The third kappa shape index (κ3) is 5.04. The Morgan fingerprint density at radius 1 is 1.19 bits per heavy atom. The normalized spacial score (nSPS) is 11.4. The lowest BCUT2D eigenvalue weighted by atomic mass is 10.0. The molecular weight excluding hydrogens is 350 g/mol. The van der Waals surface area contributed by atoms with Gasteiger partial charge in [-0.2, -0.15) is 0 Å². The standard InChI is InChI=1S/C19H21N3O5/c1-12-4-6-13(7-5-12)16(11-18(23)27-3)21-19(24)14-8-9-15(20-2)17(10-14)22(25)26/h4-10,16,20H,11H2,1-3H3,(H,21,24). The van der Waals surface area contributed by atoms with Crippen LogP contribution >= 0.6 is 0 Å². The van der Waals surface area contributed by atoms with Crippen LogP contribution in [0.5, 0.6) is 0 Å². The van der Waals surface area contributed by atoms with E-state index in [9.17, 15) is 19.7 Å². The van der Waals surface area contributed by atoms with Gasteiger partial charge in [-0.3, -0.25) is 19.7 Å². The summed E-state index contributed by atoms with van der Waals surface area (Å²) in [5.41, 5.74) is 2.01. The molecule has 0 spiro atoms.